The molecule has 1 amide bonds. The predicted octanol–water partition coefficient (Wildman–Crippen LogP) is 6.78. The third-order valence-corrected chi connectivity index (χ3v) is 7.56. The van der Waals surface area contributed by atoms with Crippen molar-refractivity contribution in [1.29, 1.82) is 0 Å². The minimum absolute atomic E-state index is 0.0348. The van der Waals surface area contributed by atoms with Crippen LogP contribution in [0.1, 0.15) is 27.3 Å². The molecular weight excluding hydrogens is 589 g/mol. The van der Waals surface area contributed by atoms with Crippen LogP contribution >= 0.6 is 50.9 Å². The summed E-state index contributed by atoms with van der Waals surface area (Å²) in [6.45, 7) is 1.58. The lowest BCUT2D eigenvalue weighted by molar-refractivity contribution is -0.385. The van der Waals surface area contributed by atoms with Gasteiger partial charge in [-0.3, -0.25) is 19.5 Å². The summed E-state index contributed by atoms with van der Waals surface area (Å²) in [7, 11) is 0. The number of carbonyl (C=O) groups excluding carboxylic acids is 1. The molecule has 8 nitrogen and oxygen atoms in total. The third kappa shape index (κ3) is 5.89. The molecule has 36 heavy (non-hydrogen) atoms. The van der Waals surface area contributed by atoms with Crippen LogP contribution in [0.5, 0.6) is 0 Å². The number of nitrogens with one attached hydrogen (secondary N) is 1. The topological polar surface area (TPSA) is 103 Å². The Labute approximate surface area is 229 Å². The van der Waals surface area contributed by atoms with Crippen molar-refractivity contribution in [2.45, 2.75) is 24.4 Å². The minimum Gasteiger partial charge on any atom is -0.345 e. The highest BCUT2D eigenvalue weighted by atomic mass is 79.9. The van der Waals surface area contributed by atoms with E-state index in [4.69, 9.17) is 23.2 Å². The molecule has 0 saturated heterocycles. The van der Waals surface area contributed by atoms with E-state index in [0.717, 1.165) is 10.0 Å². The van der Waals surface area contributed by atoms with E-state index in [1.807, 2.05) is 24.3 Å². The number of thioether (sulfide) groups is 1. The maximum Gasteiger partial charge on any atom is 0.273 e. The average molecular weight is 607 g/mol. The van der Waals surface area contributed by atoms with E-state index in [1.165, 1.54) is 23.9 Å². The number of halogens is 3. The molecule has 1 aromatic heterocycles. The summed E-state index contributed by atoms with van der Waals surface area (Å²) in [5.41, 5.74) is 2.17. The summed E-state index contributed by atoms with van der Waals surface area (Å²) in [5, 5.41) is 24.0. The number of aromatic nitrogens is 3. The van der Waals surface area contributed by atoms with Crippen LogP contribution < -0.4 is 5.32 Å². The number of hydrogen-bond donors (Lipinski definition) is 1. The van der Waals surface area contributed by atoms with Crippen LogP contribution in [-0.4, -0.2) is 25.6 Å². The fourth-order valence-electron chi connectivity index (χ4n) is 3.44. The highest BCUT2D eigenvalue weighted by molar-refractivity contribution is 9.10. The standard InChI is InChI=1S/C24H18BrCl2N5O3S/c1-14-18(3-2-4-21(14)32(34)35)23(33)28-12-22-29-30-24(36-13-15-5-7-16(25)8-6-15)31(22)17-9-10-19(26)20(27)11-17/h2-11H,12-13H2,1H3,(H,28,33). The van der Waals surface area contributed by atoms with E-state index in [9.17, 15) is 14.9 Å². The highest BCUT2D eigenvalue weighted by Gasteiger charge is 2.20. The Balaban J connectivity index is 1.61. The molecular formula is C24H18BrCl2N5O3S. The molecule has 12 heteroatoms. The second-order valence-corrected chi connectivity index (χ2v) is 10.3. The first-order valence-electron chi connectivity index (χ1n) is 10.5. The fourth-order valence-corrected chi connectivity index (χ4v) is 4.93. The normalized spacial score (nSPS) is 10.9. The second-order valence-electron chi connectivity index (χ2n) is 7.64. The molecule has 0 radical (unpaired) electrons. The van der Waals surface area contributed by atoms with Crippen LogP contribution in [-0.2, 0) is 12.3 Å². The first kappa shape index (κ1) is 26.2. The molecule has 184 valence electrons. The largest absolute Gasteiger partial charge is 0.345 e. The molecule has 0 aliphatic heterocycles. The second kappa shape index (κ2) is 11.4. The van der Waals surface area contributed by atoms with Crippen LogP contribution in [0.4, 0.5) is 5.69 Å². The summed E-state index contributed by atoms with van der Waals surface area (Å²) >= 11 is 17.3. The van der Waals surface area contributed by atoms with Crippen molar-refractivity contribution in [2.75, 3.05) is 0 Å². The van der Waals surface area contributed by atoms with Crippen molar-refractivity contribution in [3.05, 3.63) is 108 Å². The summed E-state index contributed by atoms with van der Waals surface area (Å²) in [5.74, 6) is 0.651. The Morgan fingerprint density at radius 1 is 1.11 bits per heavy atom. The van der Waals surface area contributed by atoms with Gasteiger partial charge in [0.15, 0.2) is 11.0 Å². The highest BCUT2D eigenvalue weighted by Crippen LogP contribution is 2.30. The lowest BCUT2D eigenvalue weighted by Crippen LogP contribution is -2.25. The number of nitrogens with zero attached hydrogens (tertiary/aromatic N) is 4. The molecule has 0 unspecified atom stereocenters. The zero-order chi connectivity index (χ0) is 25.8. The lowest BCUT2D eigenvalue weighted by atomic mass is 10.1. The Hall–Kier alpha value is -2.92. The van der Waals surface area contributed by atoms with Gasteiger partial charge in [-0.25, -0.2) is 0 Å². The summed E-state index contributed by atoms with van der Waals surface area (Å²) in [4.78, 5) is 23.6. The fraction of sp³-hybridized carbons (Fsp3) is 0.125. The number of nitro groups is 1. The summed E-state index contributed by atoms with van der Waals surface area (Å²) in [6.07, 6.45) is 0. The molecule has 0 atom stereocenters. The molecule has 0 saturated carbocycles. The van der Waals surface area contributed by atoms with Crippen molar-refractivity contribution < 1.29 is 9.72 Å². The number of nitro benzene ring substituents is 1. The van der Waals surface area contributed by atoms with Gasteiger partial charge in [0.05, 0.1) is 27.2 Å². The molecule has 4 aromatic rings. The summed E-state index contributed by atoms with van der Waals surface area (Å²) < 4.78 is 2.79. The van der Waals surface area contributed by atoms with Crippen molar-refractivity contribution in [1.82, 2.24) is 20.1 Å². The van der Waals surface area contributed by atoms with Gasteiger partial charge in [0.1, 0.15) is 0 Å². The van der Waals surface area contributed by atoms with Gasteiger partial charge in [-0.1, -0.05) is 69.1 Å². The first-order valence-corrected chi connectivity index (χ1v) is 13.1. The van der Waals surface area contributed by atoms with Crippen molar-refractivity contribution in [3.63, 3.8) is 0 Å². The van der Waals surface area contributed by atoms with Gasteiger partial charge in [0.2, 0.25) is 0 Å². The van der Waals surface area contributed by atoms with Crippen molar-refractivity contribution in [2.24, 2.45) is 0 Å². The average Bonchev–Trinajstić information content (AvgIpc) is 3.26. The van der Waals surface area contributed by atoms with E-state index in [2.05, 4.69) is 31.4 Å². The van der Waals surface area contributed by atoms with Crippen molar-refractivity contribution >= 4 is 62.5 Å². The predicted molar refractivity (Wildman–Crippen MR) is 144 cm³/mol. The Kier molecular flexibility index (Phi) is 8.30. The van der Waals surface area contributed by atoms with Crippen LogP contribution in [0.25, 0.3) is 5.69 Å². The molecule has 0 aliphatic carbocycles. The maximum absolute atomic E-state index is 12.9. The van der Waals surface area contributed by atoms with E-state index >= 15 is 0 Å². The zero-order valence-corrected chi connectivity index (χ0v) is 22.7. The Morgan fingerprint density at radius 2 is 1.86 bits per heavy atom. The molecule has 0 fully saturated rings. The third-order valence-electron chi connectivity index (χ3n) is 5.30. The number of carbonyl (C=O) groups is 1. The molecule has 1 N–H and O–H groups in total. The monoisotopic (exact) mass is 605 g/mol. The quantitative estimate of drug-likeness (QED) is 0.135. The van der Waals surface area contributed by atoms with Gasteiger partial charge in [-0.15, -0.1) is 10.2 Å². The van der Waals surface area contributed by atoms with Gasteiger partial charge in [0, 0.05) is 27.4 Å². The Bertz CT molecular complexity index is 1450. The molecule has 1 heterocycles. The van der Waals surface area contributed by atoms with E-state index in [0.29, 0.717) is 32.5 Å². The maximum atomic E-state index is 12.9. The summed E-state index contributed by atoms with van der Waals surface area (Å²) in [6, 6.07) is 17.5. The SMILES string of the molecule is Cc1c(C(=O)NCc2nnc(SCc3ccc(Br)cc3)n2-c2ccc(Cl)c(Cl)c2)cccc1[N+](=O)[O-]. The van der Waals surface area contributed by atoms with Gasteiger partial charge >= 0.3 is 0 Å². The molecule has 0 aliphatic rings. The van der Waals surface area contributed by atoms with Gasteiger partial charge in [-0.2, -0.15) is 0 Å². The van der Waals surface area contributed by atoms with Crippen LogP contribution in [0.2, 0.25) is 10.0 Å². The van der Waals surface area contributed by atoms with E-state index in [1.54, 1.807) is 35.8 Å². The Morgan fingerprint density at radius 3 is 2.56 bits per heavy atom. The smallest absolute Gasteiger partial charge is 0.273 e. The molecule has 4 rings (SSSR count). The minimum atomic E-state index is -0.512. The van der Waals surface area contributed by atoms with Gasteiger partial charge in [-0.05, 0) is 48.9 Å². The first-order chi connectivity index (χ1) is 17.2. The zero-order valence-electron chi connectivity index (χ0n) is 18.7. The molecule has 3 aromatic carbocycles. The van der Waals surface area contributed by atoms with E-state index in [-0.39, 0.29) is 23.4 Å². The molecule has 0 bridgehead atoms. The number of amides is 1. The van der Waals surface area contributed by atoms with Crippen LogP contribution in [0.15, 0.2) is 70.3 Å². The van der Waals surface area contributed by atoms with Crippen LogP contribution in [0.3, 0.4) is 0 Å². The lowest BCUT2D eigenvalue weighted by Gasteiger charge is -2.12. The van der Waals surface area contributed by atoms with Crippen LogP contribution in [0, 0.1) is 17.0 Å². The molecule has 0 spiro atoms. The van der Waals surface area contributed by atoms with Gasteiger partial charge < -0.3 is 5.32 Å². The van der Waals surface area contributed by atoms with Crippen molar-refractivity contribution in [3.8, 4) is 5.69 Å². The van der Waals surface area contributed by atoms with Gasteiger partial charge in [0.25, 0.3) is 11.6 Å². The number of hydrogen-bond acceptors (Lipinski definition) is 6. The number of rotatable bonds is 8. The number of benzene rings is 3. The van der Waals surface area contributed by atoms with E-state index < -0.39 is 10.8 Å².